The summed E-state index contributed by atoms with van der Waals surface area (Å²) in [4.78, 5) is 11.4. The van der Waals surface area contributed by atoms with Crippen LogP contribution in [0.15, 0.2) is 48.7 Å². The highest BCUT2D eigenvalue weighted by Crippen LogP contribution is 2.33. The zero-order valence-corrected chi connectivity index (χ0v) is 14.1. The van der Waals surface area contributed by atoms with Crippen LogP contribution in [-0.4, -0.2) is 23.1 Å². The maximum Gasteiger partial charge on any atom is 0.416 e. The molecule has 26 heavy (non-hydrogen) atoms. The first-order valence-corrected chi connectivity index (χ1v) is 8.70. The largest absolute Gasteiger partial charge is 0.416 e. The van der Waals surface area contributed by atoms with Crippen molar-refractivity contribution in [2.24, 2.45) is 0 Å². The maximum atomic E-state index is 13.0. The quantitative estimate of drug-likeness (QED) is 0.623. The molecule has 2 aromatic carbocycles. The molecule has 0 unspecified atom stereocenters. The highest BCUT2D eigenvalue weighted by molar-refractivity contribution is 5.82. The number of alkyl halides is 3. The van der Waals surface area contributed by atoms with Gasteiger partial charge in [0.05, 0.1) is 22.8 Å². The second kappa shape index (κ2) is 6.59. The van der Waals surface area contributed by atoms with Gasteiger partial charge >= 0.3 is 6.18 Å². The van der Waals surface area contributed by atoms with E-state index in [-0.39, 0.29) is 0 Å². The number of hydrogen-bond acceptors (Lipinski definition) is 3. The third-order valence-corrected chi connectivity index (χ3v) is 4.73. The number of benzene rings is 2. The van der Waals surface area contributed by atoms with Gasteiger partial charge in [0, 0.05) is 13.1 Å². The fourth-order valence-corrected chi connectivity index (χ4v) is 3.33. The van der Waals surface area contributed by atoms with Gasteiger partial charge in [-0.3, -0.25) is 4.98 Å². The van der Waals surface area contributed by atoms with Gasteiger partial charge in [0.25, 0.3) is 0 Å². The van der Waals surface area contributed by atoms with E-state index in [1.165, 1.54) is 18.6 Å². The van der Waals surface area contributed by atoms with E-state index in [2.05, 4.69) is 9.88 Å². The molecule has 0 radical (unpaired) electrons. The molecular weight excluding hydrogens is 339 g/mol. The molecule has 3 aromatic rings. The molecule has 1 saturated heterocycles. The van der Waals surface area contributed by atoms with E-state index in [0.717, 1.165) is 43.3 Å². The molecule has 0 amide bonds. The molecule has 3 nitrogen and oxygen atoms in total. The Bertz CT molecular complexity index is 931. The topological polar surface area (TPSA) is 29.0 Å². The first-order valence-electron chi connectivity index (χ1n) is 8.70. The molecule has 1 aliphatic rings. The van der Waals surface area contributed by atoms with Crippen LogP contribution in [-0.2, 0) is 6.18 Å². The van der Waals surface area contributed by atoms with Crippen LogP contribution < -0.4 is 4.90 Å². The van der Waals surface area contributed by atoms with Crippen molar-refractivity contribution >= 4 is 16.9 Å². The molecule has 0 N–H and O–H groups in total. The lowest BCUT2D eigenvalue weighted by molar-refractivity contribution is -0.137. The van der Waals surface area contributed by atoms with E-state index < -0.39 is 11.7 Å². The van der Waals surface area contributed by atoms with Gasteiger partial charge in [-0.25, -0.2) is 4.98 Å². The van der Waals surface area contributed by atoms with Crippen LogP contribution in [0.4, 0.5) is 19.0 Å². The van der Waals surface area contributed by atoms with Crippen LogP contribution in [0, 0.1) is 0 Å². The molecule has 1 aromatic heterocycles. The molecule has 0 aliphatic carbocycles. The van der Waals surface area contributed by atoms with Gasteiger partial charge in [-0.05, 0) is 54.7 Å². The number of anilines is 1. The molecule has 4 rings (SSSR count). The average molecular weight is 357 g/mol. The summed E-state index contributed by atoms with van der Waals surface area (Å²) in [5.41, 5.74) is 2.01. The SMILES string of the molecule is FC(F)(F)c1cccc(-c2ccc3ncc(N4CCCCC4)nc3c2)c1. The van der Waals surface area contributed by atoms with Gasteiger partial charge in [-0.2, -0.15) is 13.2 Å². The number of fused-ring (bicyclic) bond motifs is 1. The highest BCUT2D eigenvalue weighted by Gasteiger charge is 2.30. The van der Waals surface area contributed by atoms with Gasteiger partial charge in [0.15, 0.2) is 0 Å². The van der Waals surface area contributed by atoms with Gasteiger partial charge in [-0.15, -0.1) is 0 Å². The molecule has 2 heterocycles. The second-order valence-electron chi connectivity index (χ2n) is 6.56. The minimum Gasteiger partial charge on any atom is -0.355 e. The number of halogens is 3. The Morgan fingerprint density at radius 3 is 2.38 bits per heavy atom. The van der Waals surface area contributed by atoms with Crippen molar-refractivity contribution in [3.05, 3.63) is 54.2 Å². The van der Waals surface area contributed by atoms with Crippen molar-refractivity contribution in [2.75, 3.05) is 18.0 Å². The number of piperidine rings is 1. The minimum absolute atomic E-state index is 0.520. The number of aromatic nitrogens is 2. The summed E-state index contributed by atoms with van der Waals surface area (Å²) in [6.45, 7) is 1.93. The molecule has 1 aliphatic heterocycles. The van der Waals surface area contributed by atoms with E-state index >= 15 is 0 Å². The van der Waals surface area contributed by atoms with Crippen molar-refractivity contribution in [1.82, 2.24) is 9.97 Å². The number of nitrogens with zero attached hydrogens (tertiary/aromatic N) is 3. The Labute approximate surface area is 149 Å². The van der Waals surface area contributed by atoms with E-state index in [4.69, 9.17) is 4.98 Å². The van der Waals surface area contributed by atoms with E-state index in [0.29, 0.717) is 16.6 Å². The summed E-state index contributed by atoms with van der Waals surface area (Å²) in [7, 11) is 0. The minimum atomic E-state index is -4.35. The van der Waals surface area contributed by atoms with Gasteiger partial charge < -0.3 is 4.90 Å². The predicted octanol–water partition coefficient (Wildman–Crippen LogP) is 5.31. The van der Waals surface area contributed by atoms with Crippen LogP contribution in [0.2, 0.25) is 0 Å². The molecule has 0 saturated carbocycles. The summed E-state index contributed by atoms with van der Waals surface area (Å²) in [5, 5.41) is 0. The molecule has 134 valence electrons. The lowest BCUT2D eigenvalue weighted by Gasteiger charge is -2.27. The van der Waals surface area contributed by atoms with E-state index in [9.17, 15) is 13.2 Å². The maximum absolute atomic E-state index is 13.0. The summed E-state index contributed by atoms with van der Waals surface area (Å²) < 4.78 is 38.9. The van der Waals surface area contributed by atoms with Gasteiger partial charge in [0.1, 0.15) is 5.82 Å². The molecular formula is C20H18F3N3. The third-order valence-electron chi connectivity index (χ3n) is 4.73. The lowest BCUT2D eigenvalue weighted by atomic mass is 10.0. The Morgan fingerprint density at radius 1 is 0.846 bits per heavy atom. The summed E-state index contributed by atoms with van der Waals surface area (Å²) >= 11 is 0. The third kappa shape index (κ3) is 3.36. The standard InChI is InChI=1S/C20H18F3N3/c21-20(22,23)16-6-4-5-14(11-16)15-7-8-17-18(12-15)25-19(13-24-17)26-9-2-1-3-10-26/h4-8,11-13H,1-3,9-10H2. The van der Waals surface area contributed by atoms with Crippen LogP contribution in [0.5, 0.6) is 0 Å². The van der Waals surface area contributed by atoms with Crippen LogP contribution >= 0.6 is 0 Å². The molecule has 0 bridgehead atoms. The smallest absolute Gasteiger partial charge is 0.355 e. The zero-order valence-electron chi connectivity index (χ0n) is 14.1. The van der Waals surface area contributed by atoms with Crippen molar-refractivity contribution in [3.63, 3.8) is 0 Å². The summed E-state index contributed by atoms with van der Waals surface area (Å²) in [5.74, 6) is 0.832. The fraction of sp³-hybridized carbons (Fsp3) is 0.300. The molecule has 0 atom stereocenters. The van der Waals surface area contributed by atoms with E-state index in [1.54, 1.807) is 24.4 Å². The number of hydrogen-bond donors (Lipinski definition) is 0. The van der Waals surface area contributed by atoms with Crippen molar-refractivity contribution < 1.29 is 13.2 Å². The Morgan fingerprint density at radius 2 is 1.62 bits per heavy atom. The van der Waals surface area contributed by atoms with Crippen molar-refractivity contribution in [3.8, 4) is 11.1 Å². The Balaban J connectivity index is 1.72. The van der Waals surface area contributed by atoms with Gasteiger partial charge in [-0.1, -0.05) is 18.2 Å². The highest BCUT2D eigenvalue weighted by atomic mass is 19.4. The summed E-state index contributed by atoms with van der Waals surface area (Å²) in [6, 6.07) is 10.8. The Kier molecular flexibility index (Phi) is 4.26. The second-order valence-corrected chi connectivity index (χ2v) is 6.56. The van der Waals surface area contributed by atoms with E-state index in [1.807, 2.05) is 6.07 Å². The monoisotopic (exact) mass is 357 g/mol. The zero-order chi connectivity index (χ0) is 18.1. The predicted molar refractivity (Wildman–Crippen MR) is 96.0 cm³/mol. The average Bonchev–Trinajstić information content (AvgIpc) is 2.67. The van der Waals surface area contributed by atoms with Crippen molar-refractivity contribution in [2.45, 2.75) is 25.4 Å². The van der Waals surface area contributed by atoms with Crippen molar-refractivity contribution in [1.29, 1.82) is 0 Å². The Hall–Kier alpha value is -2.63. The lowest BCUT2D eigenvalue weighted by Crippen LogP contribution is -2.30. The molecule has 0 spiro atoms. The normalized spacial score (nSPS) is 15.4. The van der Waals surface area contributed by atoms with Gasteiger partial charge in [0.2, 0.25) is 0 Å². The number of rotatable bonds is 2. The van der Waals surface area contributed by atoms with Crippen LogP contribution in [0.1, 0.15) is 24.8 Å². The first-order chi connectivity index (χ1) is 12.5. The molecule has 1 fully saturated rings. The first kappa shape index (κ1) is 16.8. The van der Waals surface area contributed by atoms with Crippen LogP contribution in [0.25, 0.3) is 22.2 Å². The fourth-order valence-electron chi connectivity index (χ4n) is 3.33. The summed E-state index contributed by atoms with van der Waals surface area (Å²) in [6.07, 6.45) is 0.941. The van der Waals surface area contributed by atoms with Crippen LogP contribution in [0.3, 0.4) is 0 Å². The molecule has 6 heteroatoms.